The maximum atomic E-state index is 12.4. The molecule has 1 aromatic rings. The maximum Gasteiger partial charge on any atom is 0.262 e. The lowest BCUT2D eigenvalue weighted by Crippen LogP contribution is -2.43. The van der Waals surface area contributed by atoms with E-state index in [1.54, 1.807) is 31.3 Å². The van der Waals surface area contributed by atoms with Crippen LogP contribution in [0.5, 0.6) is 0 Å². The summed E-state index contributed by atoms with van der Waals surface area (Å²) >= 11 is 0. The predicted molar refractivity (Wildman–Crippen MR) is 74.2 cm³/mol. The highest BCUT2D eigenvalue weighted by Gasteiger charge is 2.40. The molecule has 1 aromatic carbocycles. The molecule has 5 heteroatoms. The van der Waals surface area contributed by atoms with Gasteiger partial charge < -0.3 is 10.1 Å². The van der Waals surface area contributed by atoms with Crippen molar-refractivity contribution in [3.63, 3.8) is 0 Å². The molecule has 1 N–H and O–H groups in total. The Bertz CT molecular complexity index is 545. The Balaban J connectivity index is 2.36. The van der Waals surface area contributed by atoms with E-state index in [0.29, 0.717) is 23.2 Å². The number of carbonyl (C=O) groups excluding carboxylic acids is 3. The van der Waals surface area contributed by atoms with Gasteiger partial charge in [-0.05, 0) is 18.6 Å². The number of hydrogen-bond acceptors (Lipinski definition) is 4. The molecule has 2 amide bonds. The molecular weight excluding hydrogens is 256 g/mol. The molecule has 0 saturated carbocycles. The van der Waals surface area contributed by atoms with Gasteiger partial charge in [-0.25, -0.2) is 0 Å². The lowest BCUT2D eigenvalue weighted by Gasteiger charge is -2.27. The fourth-order valence-electron chi connectivity index (χ4n) is 2.34. The van der Waals surface area contributed by atoms with Gasteiger partial charge in [0, 0.05) is 19.2 Å². The van der Waals surface area contributed by atoms with Crippen molar-refractivity contribution in [1.29, 1.82) is 0 Å². The zero-order chi connectivity index (χ0) is 14.7. The first-order chi connectivity index (χ1) is 9.61. The fourth-order valence-corrected chi connectivity index (χ4v) is 2.34. The number of hydrogen-bond donors (Lipinski definition) is 1. The summed E-state index contributed by atoms with van der Waals surface area (Å²) in [7, 11) is 1.68. The molecule has 0 aliphatic carbocycles. The van der Waals surface area contributed by atoms with Gasteiger partial charge in [-0.2, -0.15) is 0 Å². The van der Waals surface area contributed by atoms with Crippen LogP contribution in [0.25, 0.3) is 0 Å². The van der Waals surface area contributed by atoms with Crippen LogP contribution in [0.3, 0.4) is 0 Å². The van der Waals surface area contributed by atoms with Crippen molar-refractivity contribution in [1.82, 2.24) is 10.2 Å². The monoisotopic (exact) mass is 272 g/mol. The fraction of sp³-hybridized carbons (Fsp3) is 0.267. The molecule has 2 rings (SSSR count). The van der Waals surface area contributed by atoms with E-state index < -0.39 is 6.04 Å². The van der Waals surface area contributed by atoms with Gasteiger partial charge in [0.1, 0.15) is 6.29 Å². The third-order valence-electron chi connectivity index (χ3n) is 3.42. The summed E-state index contributed by atoms with van der Waals surface area (Å²) in [5, 5.41) is 2.86. The number of likely N-dealkylation sites (N-methyl/N-ethyl adjacent to an activating group) is 1. The first-order valence-electron chi connectivity index (χ1n) is 6.39. The molecule has 0 bridgehead atoms. The van der Waals surface area contributed by atoms with E-state index in [2.05, 4.69) is 11.9 Å². The van der Waals surface area contributed by atoms with Crippen molar-refractivity contribution in [3.8, 4) is 0 Å². The molecule has 0 aromatic heterocycles. The number of rotatable bonds is 6. The van der Waals surface area contributed by atoms with Crippen molar-refractivity contribution in [3.05, 3.63) is 47.7 Å². The molecule has 1 aliphatic rings. The molecule has 5 nitrogen and oxygen atoms in total. The highest BCUT2D eigenvalue weighted by Crippen LogP contribution is 2.27. The number of nitrogens with one attached hydrogen (secondary N) is 1. The molecule has 0 spiro atoms. The molecule has 1 heterocycles. The summed E-state index contributed by atoms with van der Waals surface area (Å²) in [6.45, 7) is 3.83. The van der Waals surface area contributed by atoms with Crippen LogP contribution in [0.2, 0.25) is 0 Å². The second kappa shape index (κ2) is 5.69. The van der Waals surface area contributed by atoms with Gasteiger partial charge in [-0.1, -0.05) is 18.7 Å². The van der Waals surface area contributed by atoms with Crippen molar-refractivity contribution in [2.24, 2.45) is 0 Å². The third kappa shape index (κ3) is 2.22. The zero-order valence-electron chi connectivity index (χ0n) is 11.3. The predicted octanol–water partition coefficient (Wildman–Crippen LogP) is 1.36. The van der Waals surface area contributed by atoms with E-state index in [1.165, 1.54) is 4.90 Å². The molecule has 104 valence electrons. The second-order valence-electron chi connectivity index (χ2n) is 4.56. The van der Waals surface area contributed by atoms with Crippen molar-refractivity contribution < 1.29 is 14.4 Å². The molecular formula is C15H16N2O3. The number of carbonyl (C=O) groups is 3. The van der Waals surface area contributed by atoms with Gasteiger partial charge in [-0.3, -0.25) is 14.5 Å². The smallest absolute Gasteiger partial charge is 0.262 e. The molecule has 1 unspecified atom stereocenters. The summed E-state index contributed by atoms with van der Waals surface area (Å²) in [6, 6.07) is 6.20. The summed E-state index contributed by atoms with van der Waals surface area (Å²) < 4.78 is 0. The summed E-state index contributed by atoms with van der Waals surface area (Å²) in [5.41, 5.74) is 1.34. The third-order valence-corrected chi connectivity index (χ3v) is 3.42. The minimum atomic E-state index is -0.516. The number of aldehydes is 1. The first-order valence-corrected chi connectivity index (χ1v) is 6.39. The van der Waals surface area contributed by atoms with Gasteiger partial charge in [0.15, 0.2) is 0 Å². The van der Waals surface area contributed by atoms with Crippen LogP contribution in [0, 0.1) is 0 Å². The number of benzene rings is 1. The topological polar surface area (TPSA) is 66.5 Å². The minimum absolute atomic E-state index is 0.263. The number of imide groups is 1. The lowest BCUT2D eigenvalue weighted by molar-refractivity contribution is -0.108. The largest absolute Gasteiger partial charge is 0.390 e. The Morgan fingerprint density at radius 2 is 1.85 bits per heavy atom. The molecule has 1 atom stereocenters. The van der Waals surface area contributed by atoms with Crippen LogP contribution in [-0.2, 0) is 4.79 Å². The first kappa shape index (κ1) is 14.0. The van der Waals surface area contributed by atoms with E-state index in [-0.39, 0.29) is 18.2 Å². The second-order valence-corrected chi connectivity index (χ2v) is 4.56. The minimum Gasteiger partial charge on any atom is -0.390 e. The lowest BCUT2D eigenvalue weighted by atomic mass is 10.1. The van der Waals surface area contributed by atoms with E-state index in [9.17, 15) is 14.4 Å². The Labute approximate surface area is 117 Å². The van der Waals surface area contributed by atoms with Gasteiger partial charge in [0.25, 0.3) is 11.8 Å². The van der Waals surface area contributed by atoms with Gasteiger partial charge >= 0.3 is 0 Å². The zero-order valence-corrected chi connectivity index (χ0v) is 11.3. The van der Waals surface area contributed by atoms with Crippen LogP contribution < -0.4 is 5.32 Å². The van der Waals surface area contributed by atoms with E-state index >= 15 is 0 Å². The summed E-state index contributed by atoms with van der Waals surface area (Å²) in [6.07, 6.45) is 1.40. The SMILES string of the molecule is C=C(NC)C(CCC=O)N1C(=O)c2ccccc2C1=O. The van der Waals surface area contributed by atoms with Crippen LogP contribution in [0.4, 0.5) is 0 Å². The number of amides is 2. The molecule has 20 heavy (non-hydrogen) atoms. The molecule has 1 aliphatic heterocycles. The van der Waals surface area contributed by atoms with Gasteiger partial charge in [0.05, 0.1) is 17.2 Å². The maximum absolute atomic E-state index is 12.4. The van der Waals surface area contributed by atoms with Crippen molar-refractivity contribution in [2.75, 3.05) is 7.05 Å². The number of nitrogens with zero attached hydrogens (tertiary/aromatic N) is 1. The molecule has 0 fully saturated rings. The van der Waals surface area contributed by atoms with E-state index in [1.807, 2.05) is 0 Å². The Morgan fingerprint density at radius 3 is 2.30 bits per heavy atom. The van der Waals surface area contributed by atoms with Gasteiger partial charge in [-0.15, -0.1) is 0 Å². The van der Waals surface area contributed by atoms with Crippen LogP contribution >= 0.6 is 0 Å². The average Bonchev–Trinajstić information content (AvgIpc) is 2.73. The normalized spacial score (nSPS) is 14.9. The van der Waals surface area contributed by atoms with Crippen molar-refractivity contribution in [2.45, 2.75) is 18.9 Å². The van der Waals surface area contributed by atoms with Crippen LogP contribution in [-0.4, -0.2) is 36.1 Å². The Morgan fingerprint density at radius 1 is 1.30 bits per heavy atom. The Hall–Kier alpha value is -2.43. The molecule has 0 radical (unpaired) electrons. The molecule has 0 saturated heterocycles. The average molecular weight is 272 g/mol. The van der Waals surface area contributed by atoms with Crippen molar-refractivity contribution >= 4 is 18.1 Å². The quantitative estimate of drug-likeness (QED) is 0.627. The van der Waals surface area contributed by atoms with E-state index in [0.717, 1.165) is 6.29 Å². The summed E-state index contributed by atoms with van der Waals surface area (Å²) in [5.74, 6) is -0.671. The van der Waals surface area contributed by atoms with Crippen LogP contribution in [0.1, 0.15) is 33.6 Å². The Kier molecular flexibility index (Phi) is 3.98. The highest BCUT2D eigenvalue weighted by atomic mass is 16.2. The van der Waals surface area contributed by atoms with E-state index in [4.69, 9.17) is 0 Å². The summed E-state index contributed by atoms with van der Waals surface area (Å²) in [4.78, 5) is 36.5. The number of fused-ring (bicyclic) bond motifs is 1. The van der Waals surface area contributed by atoms with Crippen LogP contribution in [0.15, 0.2) is 36.5 Å². The van der Waals surface area contributed by atoms with Gasteiger partial charge in [0.2, 0.25) is 0 Å². The standard InChI is InChI=1S/C15H16N2O3/c1-10(16-2)13(8-5-9-18)17-14(19)11-6-3-4-7-12(11)15(17)20/h3-4,6-7,9,13,16H,1,5,8H2,2H3. The highest BCUT2D eigenvalue weighted by molar-refractivity contribution is 6.21.